The normalized spacial score (nSPS) is 13.6. The molecule has 3 aromatic rings. The number of fused-ring (bicyclic) bond motifs is 2. The molecule has 1 N–H and O–H groups in total. The van der Waals surface area contributed by atoms with E-state index in [9.17, 15) is 19.2 Å². The van der Waals surface area contributed by atoms with Crippen molar-refractivity contribution in [1.82, 2.24) is 4.57 Å². The molecule has 0 atom stereocenters. The van der Waals surface area contributed by atoms with Gasteiger partial charge >= 0.3 is 11.9 Å². The Balaban J connectivity index is 1.42. The SMILES string of the molecule is CCOC(=O)c1c(NC(=O)CSCC(=O)N=c2sc3cc(C(=O)OC)ccc3n2CC)sc2c1CCCCC2. The van der Waals surface area contributed by atoms with Crippen molar-refractivity contribution < 1.29 is 28.7 Å². The molecule has 2 amide bonds. The van der Waals surface area contributed by atoms with E-state index in [-0.39, 0.29) is 29.9 Å². The summed E-state index contributed by atoms with van der Waals surface area (Å²) in [6, 6.07) is 5.24. The van der Waals surface area contributed by atoms with E-state index in [1.807, 2.05) is 17.6 Å². The predicted octanol–water partition coefficient (Wildman–Crippen LogP) is 4.82. The van der Waals surface area contributed by atoms with Crippen molar-refractivity contribution in [1.29, 1.82) is 0 Å². The monoisotopic (exact) mass is 589 g/mol. The van der Waals surface area contributed by atoms with Gasteiger partial charge in [-0.25, -0.2) is 9.59 Å². The average molecular weight is 590 g/mol. The highest BCUT2D eigenvalue weighted by Gasteiger charge is 2.26. The molecule has 1 aliphatic carbocycles. The molecular weight excluding hydrogens is 559 g/mol. The van der Waals surface area contributed by atoms with E-state index in [1.54, 1.807) is 19.1 Å². The minimum atomic E-state index is -0.426. The van der Waals surface area contributed by atoms with E-state index >= 15 is 0 Å². The molecule has 0 aliphatic heterocycles. The van der Waals surface area contributed by atoms with Crippen LogP contribution in [-0.4, -0.2) is 53.5 Å². The van der Waals surface area contributed by atoms with Crippen LogP contribution in [0.25, 0.3) is 10.2 Å². The van der Waals surface area contributed by atoms with Gasteiger partial charge in [-0.15, -0.1) is 23.1 Å². The van der Waals surface area contributed by atoms with Crippen molar-refractivity contribution in [3.05, 3.63) is 44.6 Å². The van der Waals surface area contributed by atoms with Crippen LogP contribution in [0.4, 0.5) is 5.00 Å². The third kappa shape index (κ3) is 6.79. The Hall–Kier alpha value is -2.96. The molecule has 2 heterocycles. The summed E-state index contributed by atoms with van der Waals surface area (Å²) in [5, 5.41) is 3.41. The number of thiazole rings is 1. The minimum absolute atomic E-state index is 0.0322. The molecule has 4 rings (SSSR count). The maximum atomic E-state index is 12.7. The number of ether oxygens (including phenoxy) is 2. The molecule has 1 aliphatic rings. The third-order valence-corrected chi connectivity index (χ3v) is 9.42. The Morgan fingerprint density at radius 3 is 2.59 bits per heavy atom. The van der Waals surface area contributed by atoms with E-state index in [2.05, 4.69) is 10.3 Å². The van der Waals surface area contributed by atoms with Gasteiger partial charge in [0, 0.05) is 11.4 Å². The lowest BCUT2D eigenvalue weighted by atomic mass is 10.1. The molecule has 0 fully saturated rings. The van der Waals surface area contributed by atoms with E-state index in [1.165, 1.54) is 41.5 Å². The number of esters is 2. The molecule has 39 heavy (non-hydrogen) atoms. The number of methoxy groups -OCH3 is 1. The van der Waals surface area contributed by atoms with Crippen molar-refractivity contribution in [2.24, 2.45) is 4.99 Å². The quantitative estimate of drug-likeness (QED) is 0.281. The summed E-state index contributed by atoms with van der Waals surface area (Å²) in [7, 11) is 1.33. The Labute approximate surface area is 238 Å². The van der Waals surface area contributed by atoms with Crippen LogP contribution in [-0.2, 0) is 38.4 Å². The number of thiophene rings is 1. The fourth-order valence-electron chi connectivity index (χ4n) is 4.49. The molecule has 0 radical (unpaired) electrons. The molecule has 1 aromatic carbocycles. The second-order valence-corrected chi connectivity index (χ2v) is 11.9. The number of hydrogen-bond acceptors (Lipinski definition) is 9. The van der Waals surface area contributed by atoms with Crippen molar-refractivity contribution in [3.63, 3.8) is 0 Å². The lowest BCUT2D eigenvalue weighted by molar-refractivity contribution is -0.115. The van der Waals surface area contributed by atoms with E-state index in [4.69, 9.17) is 9.47 Å². The molecule has 2 aromatic heterocycles. The van der Waals surface area contributed by atoms with Gasteiger partial charge in [0.1, 0.15) is 5.00 Å². The number of aryl methyl sites for hydroxylation is 2. The lowest BCUT2D eigenvalue weighted by Crippen LogP contribution is -2.19. The fourth-order valence-corrected chi connectivity index (χ4v) is 7.53. The summed E-state index contributed by atoms with van der Waals surface area (Å²) >= 11 is 3.94. The van der Waals surface area contributed by atoms with Gasteiger partial charge in [-0.1, -0.05) is 17.8 Å². The Morgan fingerprint density at radius 1 is 1.05 bits per heavy atom. The standard InChI is InChI=1S/C27H31N3O6S3/c1-4-30-18-12-11-16(25(33)35-3)13-20(18)39-27(30)29-22(32)15-37-14-21(31)28-24-23(26(34)36-5-2)17-9-7-6-8-10-19(17)38-24/h11-13H,4-10,14-15H2,1-3H3,(H,28,31). The summed E-state index contributed by atoms with van der Waals surface area (Å²) in [4.78, 5) is 55.9. The Kier molecular flexibility index (Phi) is 9.98. The highest BCUT2D eigenvalue weighted by molar-refractivity contribution is 8.00. The Bertz CT molecular complexity index is 1470. The number of rotatable bonds is 9. The van der Waals surface area contributed by atoms with Crippen LogP contribution in [0.1, 0.15) is 64.3 Å². The number of aromatic nitrogens is 1. The topological polar surface area (TPSA) is 116 Å². The molecule has 0 unspecified atom stereocenters. The Morgan fingerprint density at radius 2 is 1.85 bits per heavy atom. The maximum Gasteiger partial charge on any atom is 0.341 e. The van der Waals surface area contributed by atoms with Crippen LogP contribution in [0, 0.1) is 0 Å². The predicted molar refractivity (Wildman–Crippen MR) is 155 cm³/mol. The van der Waals surface area contributed by atoms with Gasteiger partial charge in [0.15, 0.2) is 4.80 Å². The highest BCUT2D eigenvalue weighted by atomic mass is 32.2. The smallest absolute Gasteiger partial charge is 0.341 e. The number of nitrogens with zero attached hydrogens (tertiary/aromatic N) is 2. The zero-order valence-electron chi connectivity index (χ0n) is 22.2. The molecular formula is C27H31N3O6S3. The van der Waals surface area contributed by atoms with Gasteiger partial charge in [-0.05, 0) is 63.3 Å². The van der Waals surface area contributed by atoms with E-state index in [0.29, 0.717) is 27.5 Å². The number of benzene rings is 1. The number of thioether (sulfide) groups is 1. The van der Waals surface area contributed by atoms with Gasteiger partial charge in [0.05, 0.1) is 46.6 Å². The van der Waals surface area contributed by atoms with E-state index < -0.39 is 11.9 Å². The number of carbonyl (C=O) groups is 4. The van der Waals surface area contributed by atoms with Gasteiger partial charge in [0.2, 0.25) is 5.91 Å². The first-order valence-electron chi connectivity index (χ1n) is 12.8. The molecule has 0 spiro atoms. The summed E-state index contributed by atoms with van der Waals surface area (Å²) in [6.45, 7) is 4.59. The number of nitrogens with one attached hydrogen (secondary N) is 1. The maximum absolute atomic E-state index is 12.7. The summed E-state index contributed by atoms with van der Waals surface area (Å²) < 4.78 is 12.8. The van der Waals surface area contributed by atoms with Crippen LogP contribution in [0.15, 0.2) is 23.2 Å². The lowest BCUT2D eigenvalue weighted by Gasteiger charge is -2.08. The summed E-state index contributed by atoms with van der Waals surface area (Å²) in [5.74, 6) is -1.38. The van der Waals surface area contributed by atoms with Crippen LogP contribution in [0.2, 0.25) is 0 Å². The fraction of sp³-hybridized carbons (Fsp3) is 0.444. The van der Waals surface area contributed by atoms with Crippen LogP contribution in [0.3, 0.4) is 0 Å². The zero-order valence-corrected chi connectivity index (χ0v) is 24.6. The second kappa shape index (κ2) is 13.4. The first-order chi connectivity index (χ1) is 18.9. The van der Waals surface area contributed by atoms with Crippen molar-refractivity contribution >= 4 is 73.4 Å². The number of amides is 2. The molecule has 0 saturated heterocycles. The van der Waals surface area contributed by atoms with Crippen LogP contribution >= 0.6 is 34.4 Å². The van der Waals surface area contributed by atoms with E-state index in [0.717, 1.165) is 52.8 Å². The zero-order chi connectivity index (χ0) is 27.9. The van der Waals surface area contributed by atoms with Crippen molar-refractivity contribution in [2.75, 3.05) is 30.5 Å². The highest BCUT2D eigenvalue weighted by Crippen LogP contribution is 2.38. The third-order valence-electron chi connectivity index (χ3n) is 6.25. The molecule has 0 bridgehead atoms. The largest absolute Gasteiger partial charge is 0.465 e. The summed E-state index contributed by atoms with van der Waals surface area (Å²) in [5.41, 5.74) is 2.79. The molecule has 0 saturated carbocycles. The van der Waals surface area contributed by atoms with Gasteiger partial charge < -0.3 is 19.4 Å². The van der Waals surface area contributed by atoms with Crippen molar-refractivity contribution in [2.45, 2.75) is 52.5 Å². The first-order valence-corrected chi connectivity index (χ1v) is 15.6. The van der Waals surface area contributed by atoms with Gasteiger partial charge in [0.25, 0.3) is 5.91 Å². The second-order valence-electron chi connectivity index (χ2n) is 8.84. The van der Waals surface area contributed by atoms with Crippen LogP contribution in [0.5, 0.6) is 0 Å². The number of hydrogen-bond donors (Lipinski definition) is 1. The number of carbonyl (C=O) groups excluding carboxylic acids is 4. The van der Waals surface area contributed by atoms with Gasteiger partial charge in [-0.2, -0.15) is 4.99 Å². The first kappa shape index (κ1) is 29.0. The molecule has 9 nitrogen and oxygen atoms in total. The average Bonchev–Trinajstić information content (AvgIpc) is 3.34. The summed E-state index contributed by atoms with van der Waals surface area (Å²) in [6.07, 6.45) is 4.89. The van der Waals surface area contributed by atoms with Crippen LogP contribution < -0.4 is 10.1 Å². The number of anilines is 1. The molecule has 208 valence electrons. The van der Waals surface area contributed by atoms with Crippen molar-refractivity contribution in [3.8, 4) is 0 Å². The van der Waals surface area contributed by atoms with Gasteiger partial charge in [-0.3, -0.25) is 9.59 Å². The minimum Gasteiger partial charge on any atom is -0.465 e. The molecule has 12 heteroatoms.